The third-order valence-corrected chi connectivity index (χ3v) is 2.79. The van der Waals surface area contributed by atoms with Crippen molar-refractivity contribution in [3.63, 3.8) is 0 Å². The Kier molecular flexibility index (Phi) is 4.56. The Labute approximate surface area is 117 Å². The molecule has 0 saturated carbocycles. The predicted molar refractivity (Wildman–Crippen MR) is 76.1 cm³/mol. The monoisotopic (exact) mass is 270 g/mol. The van der Waals surface area contributed by atoms with Crippen molar-refractivity contribution in [3.8, 4) is 11.8 Å². The summed E-state index contributed by atoms with van der Waals surface area (Å²) in [7, 11) is 0. The minimum atomic E-state index is -0.491. The van der Waals surface area contributed by atoms with E-state index < -0.39 is 5.82 Å². The first kappa shape index (κ1) is 13.9. The van der Waals surface area contributed by atoms with Gasteiger partial charge in [0, 0.05) is 18.3 Å². The van der Waals surface area contributed by atoms with Gasteiger partial charge in [0.1, 0.15) is 17.6 Å². The van der Waals surface area contributed by atoms with Crippen molar-refractivity contribution >= 4 is 5.69 Å². The van der Waals surface area contributed by atoms with Crippen molar-refractivity contribution in [1.82, 2.24) is 0 Å². The third kappa shape index (κ3) is 3.48. The van der Waals surface area contributed by atoms with Crippen LogP contribution in [0.2, 0.25) is 0 Å². The SMILES string of the molecule is CCOc1cccc(NCc2ccc(F)c(C#N)c2)c1. The van der Waals surface area contributed by atoms with E-state index in [-0.39, 0.29) is 5.56 Å². The molecule has 0 spiro atoms. The third-order valence-electron chi connectivity index (χ3n) is 2.79. The largest absolute Gasteiger partial charge is 0.494 e. The van der Waals surface area contributed by atoms with Crippen LogP contribution in [0.3, 0.4) is 0 Å². The van der Waals surface area contributed by atoms with E-state index in [2.05, 4.69) is 5.32 Å². The zero-order chi connectivity index (χ0) is 14.4. The van der Waals surface area contributed by atoms with E-state index in [1.807, 2.05) is 37.3 Å². The van der Waals surface area contributed by atoms with Crippen molar-refractivity contribution in [2.75, 3.05) is 11.9 Å². The van der Waals surface area contributed by atoms with Gasteiger partial charge in [0.2, 0.25) is 0 Å². The van der Waals surface area contributed by atoms with Gasteiger partial charge in [-0.25, -0.2) is 4.39 Å². The minimum absolute atomic E-state index is 0.0624. The van der Waals surface area contributed by atoms with Gasteiger partial charge in [0.05, 0.1) is 12.2 Å². The highest BCUT2D eigenvalue weighted by Gasteiger charge is 2.03. The van der Waals surface area contributed by atoms with Crippen LogP contribution in [0.1, 0.15) is 18.1 Å². The predicted octanol–water partition coefficient (Wildman–Crippen LogP) is 3.71. The van der Waals surface area contributed by atoms with E-state index in [0.29, 0.717) is 13.2 Å². The van der Waals surface area contributed by atoms with E-state index in [1.165, 1.54) is 6.07 Å². The maximum absolute atomic E-state index is 13.2. The maximum Gasteiger partial charge on any atom is 0.140 e. The van der Waals surface area contributed by atoms with Crippen LogP contribution in [-0.4, -0.2) is 6.61 Å². The molecule has 0 aromatic heterocycles. The van der Waals surface area contributed by atoms with Crippen LogP contribution in [0.5, 0.6) is 5.75 Å². The summed E-state index contributed by atoms with van der Waals surface area (Å²) in [6.07, 6.45) is 0. The zero-order valence-electron chi connectivity index (χ0n) is 11.2. The highest BCUT2D eigenvalue weighted by Crippen LogP contribution is 2.18. The molecule has 0 heterocycles. The van der Waals surface area contributed by atoms with Gasteiger partial charge < -0.3 is 10.1 Å². The Balaban J connectivity index is 2.05. The number of rotatable bonds is 5. The molecular weight excluding hydrogens is 255 g/mol. The Morgan fingerprint density at radius 1 is 1.25 bits per heavy atom. The lowest BCUT2D eigenvalue weighted by atomic mass is 10.1. The van der Waals surface area contributed by atoms with Gasteiger partial charge in [-0.2, -0.15) is 5.26 Å². The van der Waals surface area contributed by atoms with Crippen molar-refractivity contribution in [1.29, 1.82) is 5.26 Å². The van der Waals surface area contributed by atoms with E-state index in [9.17, 15) is 4.39 Å². The molecular formula is C16H15FN2O. The van der Waals surface area contributed by atoms with Gasteiger partial charge in [-0.3, -0.25) is 0 Å². The molecule has 102 valence electrons. The second-order valence-electron chi connectivity index (χ2n) is 4.24. The molecule has 0 aliphatic rings. The van der Waals surface area contributed by atoms with Gasteiger partial charge >= 0.3 is 0 Å². The first-order chi connectivity index (χ1) is 9.72. The summed E-state index contributed by atoms with van der Waals surface area (Å²) in [6, 6.07) is 14.0. The molecule has 0 radical (unpaired) electrons. The standard InChI is InChI=1S/C16H15FN2O/c1-2-20-15-5-3-4-14(9-15)19-11-12-6-7-16(17)13(8-12)10-18/h3-9,19H,2,11H2,1H3. The number of benzene rings is 2. The van der Waals surface area contributed by atoms with Gasteiger partial charge in [0.25, 0.3) is 0 Å². The first-order valence-corrected chi connectivity index (χ1v) is 6.38. The number of nitrogens with zero attached hydrogens (tertiary/aromatic N) is 1. The number of hydrogen-bond acceptors (Lipinski definition) is 3. The summed E-state index contributed by atoms with van der Waals surface area (Å²) >= 11 is 0. The normalized spacial score (nSPS) is 9.85. The van der Waals surface area contributed by atoms with Crippen LogP contribution in [0.15, 0.2) is 42.5 Å². The van der Waals surface area contributed by atoms with Crippen LogP contribution in [0, 0.1) is 17.1 Å². The second kappa shape index (κ2) is 6.58. The van der Waals surface area contributed by atoms with E-state index in [0.717, 1.165) is 17.0 Å². The number of nitriles is 1. The molecule has 4 heteroatoms. The molecule has 0 unspecified atom stereocenters. The summed E-state index contributed by atoms with van der Waals surface area (Å²) in [5.41, 5.74) is 1.83. The number of anilines is 1. The number of halogens is 1. The Morgan fingerprint density at radius 3 is 2.85 bits per heavy atom. The van der Waals surface area contributed by atoms with Gasteiger partial charge in [-0.15, -0.1) is 0 Å². The second-order valence-corrected chi connectivity index (χ2v) is 4.24. The molecule has 0 bridgehead atoms. The molecule has 0 aliphatic heterocycles. The Bertz CT molecular complexity index is 635. The van der Waals surface area contributed by atoms with Gasteiger partial charge in [-0.05, 0) is 36.8 Å². The van der Waals surface area contributed by atoms with Crippen LogP contribution < -0.4 is 10.1 Å². The molecule has 2 aromatic rings. The average Bonchev–Trinajstić information content (AvgIpc) is 2.47. The quantitative estimate of drug-likeness (QED) is 0.900. The van der Waals surface area contributed by atoms with E-state index >= 15 is 0 Å². The molecule has 2 aromatic carbocycles. The lowest BCUT2D eigenvalue weighted by Crippen LogP contribution is -2.01. The molecule has 0 aliphatic carbocycles. The first-order valence-electron chi connectivity index (χ1n) is 6.38. The highest BCUT2D eigenvalue weighted by molar-refractivity contribution is 5.49. The zero-order valence-corrected chi connectivity index (χ0v) is 11.2. The molecule has 0 saturated heterocycles. The number of nitrogens with one attached hydrogen (secondary N) is 1. The summed E-state index contributed by atoms with van der Waals surface area (Å²) < 4.78 is 18.6. The summed E-state index contributed by atoms with van der Waals surface area (Å²) in [6.45, 7) is 3.07. The summed E-state index contributed by atoms with van der Waals surface area (Å²) in [5.74, 6) is 0.309. The average molecular weight is 270 g/mol. The van der Waals surface area contributed by atoms with Crippen LogP contribution in [-0.2, 0) is 6.54 Å². The fraction of sp³-hybridized carbons (Fsp3) is 0.188. The summed E-state index contributed by atoms with van der Waals surface area (Å²) in [5, 5.41) is 12.0. The Hall–Kier alpha value is -2.54. The van der Waals surface area contributed by atoms with Crippen LogP contribution >= 0.6 is 0 Å². The Morgan fingerprint density at radius 2 is 2.10 bits per heavy atom. The van der Waals surface area contributed by atoms with Gasteiger partial charge in [-0.1, -0.05) is 12.1 Å². The van der Waals surface area contributed by atoms with Crippen molar-refractivity contribution in [2.45, 2.75) is 13.5 Å². The summed E-state index contributed by atoms with van der Waals surface area (Å²) in [4.78, 5) is 0. The lowest BCUT2D eigenvalue weighted by Gasteiger charge is -2.09. The molecule has 2 rings (SSSR count). The molecule has 20 heavy (non-hydrogen) atoms. The van der Waals surface area contributed by atoms with E-state index in [1.54, 1.807) is 12.1 Å². The van der Waals surface area contributed by atoms with Gasteiger partial charge in [0.15, 0.2) is 0 Å². The number of ether oxygens (including phenoxy) is 1. The molecule has 0 amide bonds. The van der Waals surface area contributed by atoms with E-state index in [4.69, 9.17) is 10.00 Å². The molecule has 0 atom stereocenters. The topological polar surface area (TPSA) is 45.0 Å². The van der Waals surface area contributed by atoms with Crippen LogP contribution in [0.4, 0.5) is 10.1 Å². The molecule has 3 nitrogen and oxygen atoms in total. The fourth-order valence-corrected chi connectivity index (χ4v) is 1.83. The van der Waals surface area contributed by atoms with Crippen LogP contribution in [0.25, 0.3) is 0 Å². The minimum Gasteiger partial charge on any atom is -0.494 e. The number of hydrogen-bond donors (Lipinski definition) is 1. The maximum atomic E-state index is 13.2. The highest BCUT2D eigenvalue weighted by atomic mass is 19.1. The van der Waals surface area contributed by atoms with Crippen molar-refractivity contribution in [2.24, 2.45) is 0 Å². The fourth-order valence-electron chi connectivity index (χ4n) is 1.83. The van der Waals surface area contributed by atoms with Crippen molar-refractivity contribution in [3.05, 3.63) is 59.4 Å². The molecule has 1 N–H and O–H groups in total. The lowest BCUT2D eigenvalue weighted by molar-refractivity contribution is 0.340. The molecule has 0 fully saturated rings. The van der Waals surface area contributed by atoms with Crippen molar-refractivity contribution < 1.29 is 9.13 Å². The smallest absolute Gasteiger partial charge is 0.140 e.